The molecule has 3 N–H and O–H groups in total. The first-order valence-electron chi connectivity index (χ1n) is 11.9. The number of carbonyl (C=O) groups is 3. The predicted molar refractivity (Wildman–Crippen MR) is 137 cm³/mol. The molecule has 192 valence electrons. The topological polar surface area (TPSA) is 108 Å². The van der Waals surface area contributed by atoms with Crippen LogP contribution in [0, 0.1) is 0 Å². The number of aromatic hydroxyl groups is 1. The quantitative estimate of drug-likeness (QED) is 0.257. The van der Waals surface area contributed by atoms with Crippen molar-refractivity contribution in [3.05, 3.63) is 29.8 Å². The molecule has 0 aromatic heterocycles. The average molecular weight is 496 g/mol. The number of nitrogens with one attached hydrogen (secondary N) is 2. The fourth-order valence-corrected chi connectivity index (χ4v) is 3.65. The predicted octanol–water partition coefficient (Wildman–Crippen LogP) is 4.19. The molecular weight excluding hydrogens is 454 g/mol. The average Bonchev–Trinajstić information content (AvgIpc) is 2.73. The van der Waals surface area contributed by atoms with E-state index in [1.807, 2.05) is 13.8 Å². The zero-order chi connectivity index (χ0) is 25.9. The fourth-order valence-electron chi connectivity index (χ4n) is 3.40. The normalized spacial score (nSPS) is 13.2. The third kappa shape index (κ3) is 10.2. The zero-order valence-electron chi connectivity index (χ0n) is 21.3. The molecule has 9 heteroatoms. The van der Waals surface area contributed by atoms with E-state index in [2.05, 4.69) is 30.2 Å². The maximum absolute atomic E-state index is 13.7. The molecule has 0 aliphatic carbocycles. The van der Waals surface area contributed by atoms with Crippen LogP contribution in [0.1, 0.15) is 78.8 Å². The van der Waals surface area contributed by atoms with Crippen LogP contribution in [0.2, 0.25) is 0 Å². The second-order valence-electron chi connectivity index (χ2n) is 9.63. The first-order valence-corrected chi connectivity index (χ1v) is 12.5. The molecule has 8 nitrogen and oxygen atoms in total. The number of alkyl carbamates (subject to hydrolysis) is 1. The lowest BCUT2D eigenvalue weighted by Crippen LogP contribution is -2.54. The number of ether oxygens (including phenoxy) is 1. The molecule has 1 rings (SSSR count). The lowest BCUT2D eigenvalue weighted by molar-refractivity contribution is -0.142. The van der Waals surface area contributed by atoms with Crippen molar-refractivity contribution in [2.75, 3.05) is 12.3 Å². The standard InChI is InChI=1S/C25H41N3O5S/c1-7-8-9-10-15-28(23(31)20(16-34)27-24(32)33-25(4,5)6)21(22(30)26-17(2)3)18-11-13-19(29)14-12-18/h11-14,17,20-21,29,34H,7-10,15-16H2,1-6H3,(H,26,30)(H,27,32). The van der Waals surface area contributed by atoms with Gasteiger partial charge in [-0.15, -0.1) is 0 Å². The van der Waals surface area contributed by atoms with Crippen LogP contribution in [0.4, 0.5) is 4.79 Å². The fraction of sp³-hybridized carbons (Fsp3) is 0.640. The lowest BCUT2D eigenvalue weighted by atomic mass is 10.0. The highest BCUT2D eigenvalue weighted by molar-refractivity contribution is 7.80. The Kier molecular flexibility index (Phi) is 12.3. The Bertz CT molecular complexity index is 793. The molecule has 1 aromatic carbocycles. The summed E-state index contributed by atoms with van der Waals surface area (Å²) in [7, 11) is 0. The minimum Gasteiger partial charge on any atom is -0.508 e. The van der Waals surface area contributed by atoms with Crippen LogP contribution < -0.4 is 10.6 Å². The van der Waals surface area contributed by atoms with Crippen molar-refractivity contribution in [2.45, 2.75) is 91.0 Å². The number of carbonyl (C=O) groups excluding carboxylic acids is 3. The van der Waals surface area contributed by atoms with E-state index in [0.29, 0.717) is 18.5 Å². The van der Waals surface area contributed by atoms with E-state index in [1.165, 1.54) is 17.0 Å². The van der Waals surface area contributed by atoms with E-state index in [9.17, 15) is 19.5 Å². The molecule has 2 unspecified atom stereocenters. The number of thiol groups is 1. The van der Waals surface area contributed by atoms with Crippen molar-refractivity contribution < 1.29 is 24.2 Å². The summed E-state index contributed by atoms with van der Waals surface area (Å²) < 4.78 is 5.31. The number of amides is 3. The Morgan fingerprint density at radius 3 is 2.18 bits per heavy atom. The second kappa shape index (κ2) is 14.1. The minimum atomic E-state index is -0.976. The summed E-state index contributed by atoms with van der Waals surface area (Å²) in [6.45, 7) is 11.3. The molecule has 0 radical (unpaired) electrons. The highest BCUT2D eigenvalue weighted by atomic mass is 32.1. The van der Waals surface area contributed by atoms with Crippen molar-refractivity contribution in [1.29, 1.82) is 0 Å². The number of hydrogen-bond donors (Lipinski definition) is 4. The summed E-state index contributed by atoms with van der Waals surface area (Å²) in [4.78, 5) is 40.8. The summed E-state index contributed by atoms with van der Waals surface area (Å²) >= 11 is 4.29. The molecule has 0 heterocycles. The van der Waals surface area contributed by atoms with Gasteiger partial charge in [-0.05, 0) is 58.7 Å². The molecule has 0 bridgehead atoms. The van der Waals surface area contributed by atoms with E-state index >= 15 is 0 Å². The van der Waals surface area contributed by atoms with Crippen molar-refractivity contribution in [3.8, 4) is 5.75 Å². The number of benzene rings is 1. The molecule has 0 saturated heterocycles. The van der Waals surface area contributed by atoms with E-state index in [4.69, 9.17) is 4.74 Å². The molecule has 0 aliphatic heterocycles. The molecule has 0 saturated carbocycles. The highest BCUT2D eigenvalue weighted by Crippen LogP contribution is 2.25. The summed E-state index contributed by atoms with van der Waals surface area (Å²) in [6, 6.07) is 4.19. The molecule has 0 fully saturated rings. The highest BCUT2D eigenvalue weighted by Gasteiger charge is 2.35. The molecule has 3 amide bonds. The number of phenols is 1. The Balaban J connectivity index is 3.33. The third-order valence-electron chi connectivity index (χ3n) is 4.91. The molecule has 0 aliphatic rings. The molecule has 34 heavy (non-hydrogen) atoms. The second-order valence-corrected chi connectivity index (χ2v) is 10.00. The maximum Gasteiger partial charge on any atom is 0.408 e. The molecule has 2 atom stereocenters. The van der Waals surface area contributed by atoms with Crippen molar-refractivity contribution in [3.63, 3.8) is 0 Å². The summed E-state index contributed by atoms with van der Waals surface area (Å²) in [5.41, 5.74) is -0.158. The Hall–Kier alpha value is -2.42. The summed E-state index contributed by atoms with van der Waals surface area (Å²) in [6.07, 6.45) is 2.92. The SMILES string of the molecule is CCCCCCN(C(=O)C(CS)NC(=O)OC(C)(C)C)C(C(=O)NC(C)C)c1ccc(O)cc1. The number of rotatable bonds is 12. The van der Waals surface area contributed by atoms with Crippen LogP contribution in [0.15, 0.2) is 24.3 Å². The molecule has 1 aromatic rings. The number of unbranched alkanes of at least 4 members (excludes halogenated alkanes) is 3. The van der Waals surface area contributed by atoms with Crippen LogP contribution in [-0.4, -0.2) is 57.9 Å². The van der Waals surface area contributed by atoms with Crippen LogP contribution in [0.25, 0.3) is 0 Å². The monoisotopic (exact) mass is 495 g/mol. The van der Waals surface area contributed by atoms with Crippen LogP contribution in [0.5, 0.6) is 5.75 Å². The van der Waals surface area contributed by atoms with E-state index in [0.717, 1.165) is 19.3 Å². The summed E-state index contributed by atoms with van der Waals surface area (Å²) in [5, 5.41) is 15.2. The Morgan fingerprint density at radius 1 is 1.06 bits per heavy atom. The first-order chi connectivity index (χ1) is 15.9. The third-order valence-corrected chi connectivity index (χ3v) is 5.27. The maximum atomic E-state index is 13.7. The van der Waals surface area contributed by atoms with E-state index in [-0.39, 0.29) is 23.5 Å². The van der Waals surface area contributed by atoms with Gasteiger partial charge in [0, 0.05) is 18.3 Å². The van der Waals surface area contributed by atoms with Crippen LogP contribution in [0.3, 0.4) is 0 Å². The van der Waals surface area contributed by atoms with Crippen molar-refractivity contribution >= 4 is 30.5 Å². The van der Waals surface area contributed by atoms with Crippen molar-refractivity contribution in [2.24, 2.45) is 0 Å². The molecular formula is C25H41N3O5S. The molecule has 0 spiro atoms. The van der Waals surface area contributed by atoms with E-state index in [1.54, 1.807) is 32.9 Å². The van der Waals surface area contributed by atoms with Gasteiger partial charge in [-0.3, -0.25) is 9.59 Å². The smallest absolute Gasteiger partial charge is 0.408 e. The van der Waals surface area contributed by atoms with Gasteiger partial charge in [-0.1, -0.05) is 38.3 Å². The Morgan fingerprint density at radius 2 is 1.68 bits per heavy atom. The van der Waals surface area contributed by atoms with Crippen LogP contribution >= 0.6 is 12.6 Å². The summed E-state index contributed by atoms with van der Waals surface area (Å²) in [5.74, 6) is -0.654. The van der Waals surface area contributed by atoms with E-state index < -0.39 is 29.7 Å². The van der Waals surface area contributed by atoms with Gasteiger partial charge in [0.05, 0.1) is 0 Å². The van der Waals surface area contributed by atoms with Gasteiger partial charge in [0.25, 0.3) is 0 Å². The number of phenolic OH excluding ortho intramolecular Hbond substituents is 1. The largest absolute Gasteiger partial charge is 0.508 e. The zero-order valence-corrected chi connectivity index (χ0v) is 22.2. The van der Waals surface area contributed by atoms with Crippen LogP contribution in [-0.2, 0) is 14.3 Å². The van der Waals surface area contributed by atoms with Gasteiger partial charge >= 0.3 is 6.09 Å². The Labute approximate surface area is 209 Å². The van der Waals surface area contributed by atoms with Gasteiger partial charge < -0.3 is 25.4 Å². The first kappa shape index (κ1) is 29.6. The number of nitrogens with zero attached hydrogens (tertiary/aromatic N) is 1. The van der Waals surface area contributed by atoms with Gasteiger partial charge in [0.2, 0.25) is 11.8 Å². The van der Waals surface area contributed by atoms with Gasteiger partial charge in [-0.25, -0.2) is 4.79 Å². The van der Waals surface area contributed by atoms with Gasteiger partial charge in [0.1, 0.15) is 23.4 Å². The van der Waals surface area contributed by atoms with Gasteiger partial charge in [-0.2, -0.15) is 12.6 Å². The van der Waals surface area contributed by atoms with Gasteiger partial charge in [0.15, 0.2) is 0 Å². The minimum absolute atomic E-state index is 0.0393. The van der Waals surface area contributed by atoms with Crippen molar-refractivity contribution in [1.82, 2.24) is 15.5 Å². The number of hydrogen-bond acceptors (Lipinski definition) is 6. The lowest BCUT2D eigenvalue weighted by Gasteiger charge is -2.34.